The van der Waals surface area contributed by atoms with Crippen LogP contribution in [0.2, 0.25) is 0 Å². The van der Waals surface area contributed by atoms with E-state index in [-0.39, 0.29) is 0 Å². The van der Waals surface area contributed by atoms with Gasteiger partial charge >= 0.3 is 0 Å². The van der Waals surface area contributed by atoms with Crippen molar-refractivity contribution in [2.24, 2.45) is 0 Å². The molecule has 1 heterocycles. The molecule has 0 aliphatic heterocycles. The standard InChI is InChI=1S/C60H42N2/c1-4-16-43(17-5-1)44-28-30-45(31-29-44)46-32-36-50(37-33-46)61(52-40-41-53(47-18-6-2-7-19-47)57(42-52)48-20-8-3-9-21-48)51-38-34-49(35-39-51)54-22-10-13-25-58(54)62-59-26-14-11-23-55(59)56-24-12-15-27-60(56)62/h1-42H. The fourth-order valence-electron chi connectivity index (χ4n) is 9.02. The summed E-state index contributed by atoms with van der Waals surface area (Å²) in [6.45, 7) is 0. The summed E-state index contributed by atoms with van der Waals surface area (Å²) in [5.41, 5.74) is 18.7. The van der Waals surface area contributed by atoms with E-state index in [9.17, 15) is 0 Å². The monoisotopic (exact) mass is 790 g/mol. The Kier molecular flexibility index (Phi) is 9.57. The zero-order valence-electron chi connectivity index (χ0n) is 34.1. The summed E-state index contributed by atoms with van der Waals surface area (Å²) in [6.07, 6.45) is 0. The van der Waals surface area contributed by atoms with Crippen LogP contribution in [0, 0.1) is 0 Å². The Morgan fingerprint density at radius 2 is 0.613 bits per heavy atom. The Labute approximate surface area is 362 Å². The number of anilines is 3. The van der Waals surface area contributed by atoms with E-state index in [2.05, 4.69) is 264 Å². The maximum absolute atomic E-state index is 2.41. The molecule has 0 fully saturated rings. The number of nitrogens with zero attached hydrogens (tertiary/aromatic N) is 2. The highest BCUT2D eigenvalue weighted by Crippen LogP contribution is 2.43. The summed E-state index contributed by atoms with van der Waals surface area (Å²) in [7, 11) is 0. The minimum absolute atomic E-state index is 1.08. The minimum Gasteiger partial charge on any atom is -0.310 e. The van der Waals surface area contributed by atoms with E-state index < -0.39 is 0 Å². The van der Waals surface area contributed by atoms with Gasteiger partial charge in [0.15, 0.2) is 0 Å². The molecule has 2 nitrogen and oxygen atoms in total. The van der Waals surface area contributed by atoms with Crippen molar-refractivity contribution < 1.29 is 0 Å². The fraction of sp³-hybridized carbons (Fsp3) is 0. The molecule has 0 radical (unpaired) electrons. The van der Waals surface area contributed by atoms with Crippen LogP contribution in [0.5, 0.6) is 0 Å². The molecule has 0 N–H and O–H groups in total. The molecule has 0 spiro atoms. The Hall–Kier alpha value is -8.20. The molecule has 0 saturated heterocycles. The third-order valence-electron chi connectivity index (χ3n) is 12.0. The lowest BCUT2D eigenvalue weighted by molar-refractivity contribution is 1.18. The lowest BCUT2D eigenvalue weighted by Gasteiger charge is -2.27. The lowest BCUT2D eigenvalue weighted by Crippen LogP contribution is -2.10. The van der Waals surface area contributed by atoms with Crippen molar-refractivity contribution >= 4 is 38.9 Å². The largest absolute Gasteiger partial charge is 0.310 e. The Balaban J connectivity index is 1.02. The summed E-state index contributed by atoms with van der Waals surface area (Å²) in [5.74, 6) is 0. The van der Waals surface area contributed by atoms with E-state index in [1.807, 2.05) is 0 Å². The van der Waals surface area contributed by atoms with Crippen LogP contribution in [-0.4, -0.2) is 4.57 Å². The minimum atomic E-state index is 1.08. The van der Waals surface area contributed by atoms with Gasteiger partial charge in [0.05, 0.1) is 16.7 Å². The molecule has 0 unspecified atom stereocenters. The summed E-state index contributed by atoms with van der Waals surface area (Å²) >= 11 is 0. The zero-order chi connectivity index (χ0) is 41.2. The van der Waals surface area contributed by atoms with Gasteiger partial charge < -0.3 is 9.47 Å². The van der Waals surface area contributed by atoms with E-state index in [1.54, 1.807) is 0 Å². The first-order valence-electron chi connectivity index (χ1n) is 21.3. The molecule has 0 amide bonds. The number of benzene rings is 10. The quantitative estimate of drug-likeness (QED) is 0.141. The van der Waals surface area contributed by atoms with Gasteiger partial charge in [0.2, 0.25) is 0 Å². The zero-order valence-corrected chi connectivity index (χ0v) is 34.1. The number of hydrogen-bond donors (Lipinski definition) is 0. The van der Waals surface area contributed by atoms with Crippen LogP contribution < -0.4 is 4.90 Å². The number of hydrogen-bond acceptors (Lipinski definition) is 1. The molecular weight excluding hydrogens is 749 g/mol. The van der Waals surface area contributed by atoms with E-state index in [0.29, 0.717) is 0 Å². The summed E-state index contributed by atoms with van der Waals surface area (Å²) in [6, 6.07) is 92.0. The summed E-state index contributed by atoms with van der Waals surface area (Å²) < 4.78 is 2.41. The predicted octanol–water partition coefficient (Wildman–Crippen LogP) is 16.6. The maximum Gasteiger partial charge on any atom is 0.0541 e. The third kappa shape index (κ3) is 6.84. The normalized spacial score (nSPS) is 11.2. The van der Waals surface area contributed by atoms with Gasteiger partial charge in [0, 0.05) is 33.4 Å². The first kappa shape index (κ1) is 36.8. The van der Waals surface area contributed by atoms with Gasteiger partial charge in [-0.2, -0.15) is 0 Å². The molecule has 1 aromatic heterocycles. The average Bonchev–Trinajstić information content (AvgIpc) is 3.70. The molecule has 62 heavy (non-hydrogen) atoms. The predicted molar refractivity (Wildman–Crippen MR) is 263 cm³/mol. The van der Waals surface area contributed by atoms with Crippen LogP contribution in [-0.2, 0) is 0 Å². The molecular formula is C60H42N2. The number of aromatic nitrogens is 1. The first-order chi connectivity index (χ1) is 30.8. The Bertz CT molecular complexity index is 3240. The van der Waals surface area contributed by atoms with Crippen molar-refractivity contribution in [3.05, 3.63) is 255 Å². The number of fused-ring (bicyclic) bond motifs is 3. The van der Waals surface area contributed by atoms with E-state index in [4.69, 9.17) is 0 Å². The maximum atomic E-state index is 2.41. The van der Waals surface area contributed by atoms with Crippen LogP contribution in [0.25, 0.3) is 83.1 Å². The van der Waals surface area contributed by atoms with Crippen molar-refractivity contribution in [3.8, 4) is 61.3 Å². The highest BCUT2D eigenvalue weighted by Gasteiger charge is 2.19. The highest BCUT2D eigenvalue weighted by atomic mass is 15.1. The molecule has 0 aliphatic rings. The number of rotatable bonds is 9. The van der Waals surface area contributed by atoms with Gasteiger partial charge in [-0.25, -0.2) is 0 Å². The molecule has 2 heteroatoms. The first-order valence-corrected chi connectivity index (χ1v) is 21.3. The van der Waals surface area contributed by atoms with Gasteiger partial charge in [-0.3, -0.25) is 0 Å². The lowest BCUT2D eigenvalue weighted by atomic mass is 9.93. The van der Waals surface area contributed by atoms with E-state index in [0.717, 1.165) is 28.3 Å². The molecule has 0 saturated carbocycles. The van der Waals surface area contributed by atoms with Gasteiger partial charge in [-0.1, -0.05) is 200 Å². The van der Waals surface area contributed by atoms with Gasteiger partial charge in [-0.05, 0) is 105 Å². The molecule has 0 atom stereocenters. The van der Waals surface area contributed by atoms with Crippen LogP contribution >= 0.6 is 0 Å². The smallest absolute Gasteiger partial charge is 0.0541 e. The molecule has 0 aliphatic carbocycles. The topological polar surface area (TPSA) is 8.17 Å². The van der Waals surface area contributed by atoms with E-state index in [1.165, 1.54) is 71.9 Å². The summed E-state index contributed by atoms with van der Waals surface area (Å²) in [4.78, 5) is 2.38. The Morgan fingerprint density at radius 3 is 1.16 bits per heavy atom. The molecule has 11 rings (SSSR count). The van der Waals surface area contributed by atoms with Crippen molar-refractivity contribution in [1.29, 1.82) is 0 Å². The summed E-state index contributed by atoms with van der Waals surface area (Å²) in [5, 5.41) is 2.51. The molecule has 0 bridgehead atoms. The highest BCUT2D eigenvalue weighted by molar-refractivity contribution is 6.09. The van der Waals surface area contributed by atoms with Crippen LogP contribution in [0.4, 0.5) is 17.1 Å². The second-order valence-corrected chi connectivity index (χ2v) is 15.7. The van der Waals surface area contributed by atoms with Crippen molar-refractivity contribution in [3.63, 3.8) is 0 Å². The molecule has 10 aromatic carbocycles. The van der Waals surface area contributed by atoms with Crippen molar-refractivity contribution in [2.45, 2.75) is 0 Å². The van der Waals surface area contributed by atoms with Crippen LogP contribution in [0.3, 0.4) is 0 Å². The third-order valence-corrected chi connectivity index (χ3v) is 12.0. The molecule has 292 valence electrons. The average molecular weight is 791 g/mol. The van der Waals surface area contributed by atoms with Crippen LogP contribution in [0.15, 0.2) is 255 Å². The van der Waals surface area contributed by atoms with Gasteiger partial charge in [-0.15, -0.1) is 0 Å². The fourth-order valence-corrected chi connectivity index (χ4v) is 9.02. The van der Waals surface area contributed by atoms with Gasteiger partial charge in [0.1, 0.15) is 0 Å². The van der Waals surface area contributed by atoms with Crippen molar-refractivity contribution in [1.82, 2.24) is 4.57 Å². The Morgan fingerprint density at radius 1 is 0.242 bits per heavy atom. The van der Waals surface area contributed by atoms with Gasteiger partial charge in [0.25, 0.3) is 0 Å². The van der Waals surface area contributed by atoms with Crippen LogP contribution in [0.1, 0.15) is 0 Å². The SMILES string of the molecule is c1ccc(-c2ccc(-c3ccc(N(c4ccc(-c5ccccc5-n5c6ccccc6c6ccccc65)cc4)c4ccc(-c5ccccc5)c(-c5ccccc5)c4)cc3)cc2)cc1. The number of para-hydroxylation sites is 3. The molecule has 11 aromatic rings. The second-order valence-electron chi connectivity index (χ2n) is 15.7. The van der Waals surface area contributed by atoms with Crippen molar-refractivity contribution in [2.75, 3.05) is 4.90 Å². The second kappa shape index (κ2) is 16.1. The van der Waals surface area contributed by atoms with E-state index >= 15 is 0 Å².